The van der Waals surface area contributed by atoms with Crippen LogP contribution in [0, 0.1) is 11.8 Å². The monoisotopic (exact) mass is 883 g/mol. The van der Waals surface area contributed by atoms with Crippen molar-refractivity contribution in [3.05, 3.63) is 246 Å². The van der Waals surface area contributed by atoms with Crippen LogP contribution < -0.4 is 15.5 Å². The predicted octanol–water partition coefficient (Wildman–Crippen LogP) is 15.1. The van der Waals surface area contributed by atoms with Gasteiger partial charge in [0.2, 0.25) is 0 Å². The average Bonchev–Trinajstić information content (AvgIpc) is 3.95. The van der Waals surface area contributed by atoms with Crippen molar-refractivity contribution in [2.75, 3.05) is 4.90 Å². The molecule has 0 bridgehead atoms. The predicted molar refractivity (Wildman–Crippen MR) is 286 cm³/mol. The number of aryl methyl sites for hydroxylation is 1. The molecular weight excluding hydrogens is 839 g/mol. The van der Waals surface area contributed by atoms with Crippen LogP contribution in [0.1, 0.15) is 11.3 Å². The number of hydrogen-bond donors (Lipinski definition) is 0. The molecule has 4 heteroatoms. The van der Waals surface area contributed by atoms with E-state index in [1.165, 1.54) is 55.3 Å². The van der Waals surface area contributed by atoms with Crippen LogP contribution in [0.15, 0.2) is 229 Å². The molecule has 0 fully saturated rings. The molecule has 2 unspecified atom stereocenters. The number of nitrogens with zero attached hydrogens (tertiary/aromatic N) is 3. The summed E-state index contributed by atoms with van der Waals surface area (Å²) in [4.78, 5) is 7.81. The molecule has 3 aliphatic carbocycles. The zero-order valence-electron chi connectivity index (χ0n) is 37.8. The summed E-state index contributed by atoms with van der Waals surface area (Å²) in [7, 11) is 0. The van der Waals surface area contributed by atoms with E-state index >= 15 is 0 Å². The lowest BCUT2D eigenvalue weighted by atomic mass is 9.85. The fraction of sp³-hybridized carbons (Fsp3) is 0.0615. The van der Waals surface area contributed by atoms with Gasteiger partial charge in [-0.15, -0.1) is 0 Å². The Labute approximate surface area is 400 Å². The molecule has 0 radical (unpaired) electrons. The molecule has 8 aromatic carbocycles. The zero-order valence-corrected chi connectivity index (χ0v) is 37.8. The van der Waals surface area contributed by atoms with Crippen molar-refractivity contribution < 1.29 is 4.42 Å². The average molecular weight is 884 g/mol. The second kappa shape index (κ2) is 16.0. The molecule has 0 spiro atoms. The van der Waals surface area contributed by atoms with Gasteiger partial charge in [-0.05, 0) is 113 Å². The first kappa shape index (κ1) is 39.4. The van der Waals surface area contributed by atoms with Crippen molar-refractivity contribution in [2.24, 2.45) is 11.8 Å². The molecule has 0 aliphatic heterocycles. The Morgan fingerprint density at radius 3 is 1.97 bits per heavy atom. The highest BCUT2D eigenvalue weighted by Crippen LogP contribution is 2.45. The lowest BCUT2D eigenvalue weighted by molar-refractivity contribution is 0.561. The molecule has 0 N–H and O–H groups in total. The molecule has 0 saturated heterocycles. The summed E-state index contributed by atoms with van der Waals surface area (Å²) in [5.74, 6) is 0.651. The molecule has 2 atom stereocenters. The summed E-state index contributed by atoms with van der Waals surface area (Å²) < 4.78 is 9.16. The first-order valence-corrected chi connectivity index (χ1v) is 24.1. The number of aromatic nitrogens is 2. The fourth-order valence-electron chi connectivity index (χ4n) is 11.3. The number of rotatable bonds is 7. The van der Waals surface area contributed by atoms with Crippen LogP contribution in [0.4, 0.5) is 17.1 Å². The van der Waals surface area contributed by atoms with Crippen LogP contribution in [-0.4, -0.2) is 9.55 Å². The number of pyridine rings is 1. The summed E-state index contributed by atoms with van der Waals surface area (Å²) in [5.41, 5.74) is 20.4. The van der Waals surface area contributed by atoms with E-state index in [4.69, 9.17) is 9.40 Å². The third kappa shape index (κ3) is 6.63. The number of furan rings is 1. The van der Waals surface area contributed by atoms with Crippen LogP contribution in [0.2, 0.25) is 0 Å². The SMILES string of the molecule is C1=CC2C=c3oc4cc(N(c5ccc(-c6ccccc6)cc5)c5ccc(-c6cc7ccccc7nc6-c6ccc7c8c(n(-c9ccccc9)c7c6)CCc6ccccc6-8)cc5)ccc4c3=CC2C=C1. The topological polar surface area (TPSA) is 34.2 Å². The Hall–Kier alpha value is -8.73. The van der Waals surface area contributed by atoms with Crippen LogP contribution in [0.3, 0.4) is 0 Å². The molecule has 3 aliphatic rings. The molecular formula is C65H45N3O. The quantitative estimate of drug-likeness (QED) is 0.160. The molecule has 0 amide bonds. The van der Waals surface area contributed by atoms with Gasteiger partial charge in [0.05, 0.1) is 16.7 Å². The Balaban J connectivity index is 0.907. The molecule has 0 saturated carbocycles. The van der Waals surface area contributed by atoms with Gasteiger partial charge in [-0.2, -0.15) is 0 Å². The van der Waals surface area contributed by atoms with E-state index in [0.717, 1.165) is 79.6 Å². The second-order valence-corrected chi connectivity index (χ2v) is 18.6. The number of anilines is 3. The Kier molecular flexibility index (Phi) is 9.13. The minimum Gasteiger partial charge on any atom is -0.456 e. The van der Waals surface area contributed by atoms with Gasteiger partial charge in [0.15, 0.2) is 0 Å². The van der Waals surface area contributed by atoms with E-state index in [1.807, 2.05) is 0 Å². The van der Waals surface area contributed by atoms with Gasteiger partial charge < -0.3 is 13.9 Å². The smallest absolute Gasteiger partial charge is 0.137 e. The Morgan fingerprint density at radius 1 is 0.507 bits per heavy atom. The number of para-hydroxylation sites is 2. The van der Waals surface area contributed by atoms with E-state index < -0.39 is 0 Å². The third-order valence-electron chi connectivity index (χ3n) is 14.6. The second-order valence-electron chi connectivity index (χ2n) is 18.6. The van der Waals surface area contributed by atoms with E-state index in [9.17, 15) is 0 Å². The summed E-state index contributed by atoms with van der Waals surface area (Å²) in [5, 5.41) is 4.69. The van der Waals surface area contributed by atoms with Crippen LogP contribution >= 0.6 is 0 Å². The Morgan fingerprint density at radius 2 is 1.16 bits per heavy atom. The van der Waals surface area contributed by atoms with Crippen LogP contribution in [0.25, 0.3) is 95.3 Å². The third-order valence-corrected chi connectivity index (χ3v) is 14.6. The lowest BCUT2D eigenvalue weighted by Gasteiger charge is -2.26. The maximum Gasteiger partial charge on any atom is 0.137 e. The number of fused-ring (bicyclic) bond motifs is 10. The van der Waals surface area contributed by atoms with Crippen molar-refractivity contribution in [3.8, 4) is 50.3 Å². The largest absolute Gasteiger partial charge is 0.456 e. The van der Waals surface area contributed by atoms with Gasteiger partial charge in [0, 0.05) is 84.4 Å². The van der Waals surface area contributed by atoms with Crippen LogP contribution in [0.5, 0.6) is 0 Å². The first-order chi connectivity index (χ1) is 34.2. The Bertz CT molecular complexity index is 4010. The molecule has 11 aromatic rings. The van der Waals surface area contributed by atoms with E-state index in [0.29, 0.717) is 11.8 Å². The highest BCUT2D eigenvalue weighted by Gasteiger charge is 2.26. The van der Waals surface area contributed by atoms with Gasteiger partial charge in [0.1, 0.15) is 11.0 Å². The minimum atomic E-state index is 0.311. The van der Waals surface area contributed by atoms with Crippen molar-refractivity contribution >= 4 is 62.0 Å². The molecule has 3 aromatic heterocycles. The molecule has 69 heavy (non-hydrogen) atoms. The van der Waals surface area contributed by atoms with Crippen LogP contribution in [-0.2, 0) is 12.8 Å². The molecule has 4 nitrogen and oxygen atoms in total. The molecule has 326 valence electrons. The van der Waals surface area contributed by atoms with Gasteiger partial charge in [0.25, 0.3) is 0 Å². The summed E-state index contributed by atoms with van der Waals surface area (Å²) in [6, 6.07) is 72.7. The maximum atomic E-state index is 6.66. The van der Waals surface area contributed by atoms with Crippen molar-refractivity contribution in [1.82, 2.24) is 9.55 Å². The highest BCUT2D eigenvalue weighted by molar-refractivity contribution is 6.03. The van der Waals surface area contributed by atoms with Crippen molar-refractivity contribution in [1.29, 1.82) is 0 Å². The summed E-state index contributed by atoms with van der Waals surface area (Å²) in [6.45, 7) is 0. The van der Waals surface area contributed by atoms with Gasteiger partial charge in [-0.1, -0.05) is 158 Å². The normalized spacial score (nSPS) is 15.5. The number of benzene rings is 8. The highest BCUT2D eigenvalue weighted by atomic mass is 16.3. The molecule has 3 heterocycles. The first-order valence-electron chi connectivity index (χ1n) is 24.1. The van der Waals surface area contributed by atoms with Gasteiger partial charge >= 0.3 is 0 Å². The summed E-state index contributed by atoms with van der Waals surface area (Å²) >= 11 is 0. The number of hydrogen-bond acceptors (Lipinski definition) is 3. The van der Waals surface area contributed by atoms with Gasteiger partial charge in [-0.3, -0.25) is 0 Å². The fourth-order valence-corrected chi connectivity index (χ4v) is 11.3. The number of allylic oxidation sites excluding steroid dienone is 4. The van der Waals surface area contributed by atoms with E-state index in [1.54, 1.807) is 0 Å². The van der Waals surface area contributed by atoms with Crippen molar-refractivity contribution in [2.45, 2.75) is 12.8 Å². The van der Waals surface area contributed by atoms with Crippen molar-refractivity contribution in [3.63, 3.8) is 0 Å². The van der Waals surface area contributed by atoms with E-state index in [-0.39, 0.29) is 0 Å². The minimum absolute atomic E-state index is 0.311. The zero-order chi connectivity index (χ0) is 45.4. The maximum absolute atomic E-state index is 6.66. The standard InChI is InChI=1S/C65H45N3O/c1-3-13-42(14-4-1)43-23-29-51(30-24-43)67(53-33-35-55-58-37-46-16-7-8-17-47(46)40-62(58)69-63(55)41-53)52-31-25-45(26-32-52)57-38-48-18-10-12-22-59(48)66-65(57)49-27-34-56-61(39-49)68(50-19-5-2-6-20-50)60-36-28-44-15-9-11-21-54(44)64(56)60/h1-27,29-35,37-41,46-47H,28,36H2. The molecule has 14 rings (SSSR count). The lowest BCUT2D eigenvalue weighted by Crippen LogP contribution is -2.29. The summed E-state index contributed by atoms with van der Waals surface area (Å²) in [6.07, 6.45) is 15.5. The van der Waals surface area contributed by atoms with Gasteiger partial charge in [-0.25, -0.2) is 4.98 Å². The van der Waals surface area contributed by atoms with E-state index in [2.05, 4.69) is 246 Å².